The second kappa shape index (κ2) is 6.24. The van der Waals surface area contributed by atoms with E-state index in [0.717, 1.165) is 29.2 Å². The number of aromatic nitrogens is 3. The monoisotopic (exact) mass is 290 g/mol. The molecule has 5 heteroatoms. The van der Waals surface area contributed by atoms with Crippen LogP contribution in [-0.2, 0) is 0 Å². The molecular weight excluding hydrogens is 267 g/mol. The van der Waals surface area contributed by atoms with Gasteiger partial charge in [-0.2, -0.15) is 5.10 Å². The van der Waals surface area contributed by atoms with Gasteiger partial charge in [0.2, 0.25) is 0 Å². The highest BCUT2D eigenvalue weighted by Gasteiger charge is 2.18. The summed E-state index contributed by atoms with van der Waals surface area (Å²) in [6, 6.07) is 3.55. The molecule has 0 aromatic carbocycles. The Hall–Kier alpha value is -1.91. The average molecular weight is 290 g/mol. The SMILES string of the molecule is CCC(Nc1c(C)nn(C(C)C)c1C)c1ccc(F)cn1. The summed E-state index contributed by atoms with van der Waals surface area (Å²) in [6.45, 7) is 10.4. The lowest BCUT2D eigenvalue weighted by atomic mass is 10.1. The molecule has 0 saturated carbocycles. The van der Waals surface area contributed by atoms with Gasteiger partial charge in [0.05, 0.1) is 35.0 Å². The van der Waals surface area contributed by atoms with Gasteiger partial charge in [0.15, 0.2) is 0 Å². The van der Waals surface area contributed by atoms with Gasteiger partial charge < -0.3 is 5.32 Å². The number of halogens is 1. The molecule has 2 rings (SSSR count). The van der Waals surface area contributed by atoms with E-state index in [9.17, 15) is 4.39 Å². The first-order chi connectivity index (χ1) is 9.93. The van der Waals surface area contributed by atoms with Crippen molar-refractivity contribution in [2.24, 2.45) is 0 Å². The standard InChI is InChI=1S/C16H23FN4/c1-6-14(15-8-7-13(17)9-18-15)19-16-11(4)20-21(10(2)3)12(16)5/h7-10,14,19H,6H2,1-5H3. The minimum absolute atomic E-state index is 0.0489. The van der Waals surface area contributed by atoms with Crippen molar-refractivity contribution in [3.05, 3.63) is 41.2 Å². The van der Waals surface area contributed by atoms with Gasteiger partial charge in [-0.25, -0.2) is 4.39 Å². The predicted molar refractivity (Wildman–Crippen MR) is 82.9 cm³/mol. The molecule has 1 atom stereocenters. The topological polar surface area (TPSA) is 42.7 Å². The molecule has 0 saturated heterocycles. The van der Waals surface area contributed by atoms with Crippen LogP contribution in [0, 0.1) is 19.7 Å². The molecule has 0 spiro atoms. The maximum absolute atomic E-state index is 13.0. The predicted octanol–water partition coefficient (Wildman–Crippen LogP) is 4.18. The number of nitrogens with zero attached hydrogens (tertiary/aromatic N) is 3. The minimum Gasteiger partial charge on any atom is -0.374 e. The van der Waals surface area contributed by atoms with Crippen molar-refractivity contribution in [1.29, 1.82) is 0 Å². The Kier molecular flexibility index (Phi) is 4.60. The van der Waals surface area contributed by atoms with E-state index in [2.05, 4.69) is 43.1 Å². The van der Waals surface area contributed by atoms with Crippen LogP contribution in [0.4, 0.5) is 10.1 Å². The number of aryl methyl sites for hydroxylation is 1. The molecular formula is C16H23FN4. The maximum atomic E-state index is 13.0. The normalized spacial score (nSPS) is 12.7. The van der Waals surface area contributed by atoms with Gasteiger partial charge in [-0.3, -0.25) is 9.67 Å². The second-order valence-corrected chi connectivity index (χ2v) is 5.59. The summed E-state index contributed by atoms with van der Waals surface area (Å²) in [5.41, 5.74) is 3.97. The zero-order chi connectivity index (χ0) is 15.6. The lowest BCUT2D eigenvalue weighted by Crippen LogP contribution is -2.13. The molecule has 2 aromatic rings. The fourth-order valence-electron chi connectivity index (χ4n) is 2.53. The van der Waals surface area contributed by atoms with Crippen LogP contribution in [0.1, 0.15) is 56.4 Å². The van der Waals surface area contributed by atoms with Crippen molar-refractivity contribution in [2.45, 2.75) is 53.1 Å². The van der Waals surface area contributed by atoms with Gasteiger partial charge in [0, 0.05) is 6.04 Å². The minimum atomic E-state index is -0.311. The zero-order valence-electron chi connectivity index (χ0n) is 13.3. The average Bonchev–Trinajstić information content (AvgIpc) is 2.73. The van der Waals surface area contributed by atoms with Crippen LogP contribution in [0.3, 0.4) is 0 Å². The van der Waals surface area contributed by atoms with E-state index >= 15 is 0 Å². The summed E-state index contributed by atoms with van der Waals surface area (Å²) in [5.74, 6) is -0.311. The third-order valence-corrected chi connectivity index (χ3v) is 3.65. The number of rotatable bonds is 5. The molecule has 0 aliphatic rings. The lowest BCUT2D eigenvalue weighted by Gasteiger charge is -2.18. The van der Waals surface area contributed by atoms with E-state index in [1.807, 2.05) is 11.6 Å². The van der Waals surface area contributed by atoms with Crippen molar-refractivity contribution in [3.8, 4) is 0 Å². The number of nitrogens with one attached hydrogen (secondary N) is 1. The Morgan fingerprint density at radius 1 is 1.29 bits per heavy atom. The van der Waals surface area contributed by atoms with Crippen LogP contribution in [0.2, 0.25) is 0 Å². The van der Waals surface area contributed by atoms with Crippen LogP contribution >= 0.6 is 0 Å². The first-order valence-electron chi connectivity index (χ1n) is 7.37. The largest absolute Gasteiger partial charge is 0.374 e. The molecule has 21 heavy (non-hydrogen) atoms. The molecule has 2 aromatic heterocycles. The molecule has 0 radical (unpaired) electrons. The fraction of sp³-hybridized carbons (Fsp3) is 0.500. The summed E-state index contributed by atoms with van der Waals surface area (Å²) in [6.07, 6.45) is 2.13. The van der Waals surface area contributed by atoms with Gasteiger partial charge in [-0.05, 0) is 46.2 Å². The fourth-order valence-corrected chi connectivity index (χ4v) is 2.53. The van der Waals surface area contributed by atoms with E-state index in [-0.39, 0.29) is 11.9 Å². The van der Waals surface area contributed by atoms with Crippen molar-refractivity contribution in [3.63, 3.8) is 0 Å². The summed E-state index contributed by atoms with van der Waals surface area (Å²) in [5, 5.41) is 8.09. The Bertz CT molecular complexity index is 601. The van der Waals surface area contributed by atoms with Gasteiger partial charge in [0.1, 0.15) is 5.82 Å². The molecule has 1 N–H and O–H groups in total. The maximum Gasteiger partial charge on any atom is 0.141 e. The lowest BCUT2D eigenvalue weighted by molar-refractivity contribution is 0.516. The van der Waals surface area contributed by atoms with Crippen molar-refractivity contribution >= 4 is 5.69 Å². The van der Waals surface area contributed by atoms with E-state index in [1.165, 1.54) is 12.3 Å². The van der Waals surface area contributed by atoms with Crippen molar-refractivity contribution in [1.82, 2.24) is 14.8 Å². The van der Waals surface area contributed by atoms with E-state index in [1.54, 1.807) is 6.07 Å². The van der Waals surface area contributed by atoms with Gasteiger partial charge in [-0.15, -0.1) is 0 Å². The van der Waals surface area contributed by atoms with Crippen LogP contribution in [0.5, 0.6) is 0 Å². The molecule has 0 bridgehead atoms. The zero-order valence-corrected chi connectivity index (χ0v) is 13.3. The van der Waals surface area contributed by atoms with Crippen LogP contribution < -0.4 is 5.32 Å². The quantitative estimate of drug-likeness (QED) is 0.898. The highest BCUT2D eigenvalue weighted by molar-refractivity contribution is 5.53. The Balaban J connectivity index is 2.29. The molecule has 0 amide bonds. The molecule has 0 fully saturated rings. The molecule has 114 valence electrons. The molecule has 0 aliphatic heterocycles. The molecule has 4 nitrogen and oxygen atoms in total. The van der Waals surface area contributed by atoms with Crippen molar-refractivity contribution < 1.29 is 4.39 Å². The smallest absolute Gasteiger partial charge is 0.141 e. The van der Waals surface area contributed by atoms with E-state index < -0.39 is 0 Å². The Morgan fingerprint density at radius 2 is 2.00 bits per heavy atom. The number of pyridine rings is 1. The van der Waals surface area contributed by atoms with E-state index in [0.29, 0.717) is 6.04 Å². The van der Waals surface area contributed by atoms with Crippen LogP contribution in [-0.4, -0.2) is 14.8 Å². The van der Waals surface area contributed by atoms with Crippen molar-refractivity contribution in [2.75, 3.05) is 5.32 Å². The third-order valence-electron chi connectivity index (χ3n) is 3.65. The molecule has 1 unspecified atom stereocenters. The molecule has 2 heterocycles. The van der Waals surface area contributed by atoms with Gasteiger partial charge in [0.25, 0.3) is 0 Å². The van der Waals surface area contributed by atoms with Crippen LogP contribution in [0.15, 0.2) is 18.3 Å². The molecule has 0 aliphatic carbocycles. The Labute approximate surface area is 125 Å². The van der Waals surface area contributed by atoms with Gasteiger partial charge >= 0.3 is 0 Å². The summed E-state index contributed by atoms with van der Waals surface area (Å²) in [7, 11) is 0. The Morgan fingerprint density at radius 3 is 2.48 bits per heavy atom. The summed E-state index contributed by atoms with van der Waals surface area (Å²) < 4.78 is 15.0. The van der Waals surface area contributed by atoms with Gasteiger partial charge in [-0.1, -0.05) is 6.92 Å². The highest BCUT2D eigenvalue weighted by atomic mass is 19.1. The second-order valence-electron chi connectivity index (χ2n) is 5.59. The highest BCUT2D eigenvalue weighted by Crippen LogP contribution is 2.28. The summed E-state index contributed by atoms with van der Waals surface area (Å²) >= 11 is 0. The third kappa shape index (κ3) is 3.23. The number of anilines is 1. The first-order valence-corrected chi connectivity index (χ1v) is 7.37. The first kappa shape index (κ1) is 15.5. The number of hydrogen-bond donors (Lipinski definition) is 1. The van der Waals surface area contributed by atoms with E-state index in [4.69, 9.17) is 0 Å². The number of hydrogen-bond acceptors (Lipinski definition) is 3. The summed E-state index contributed by atoms with van der Waals surface area (Å²) in [4.78, 5) is 4.18. The van der Waals surface area contributed by atoms with Crippen LogP contribution in [0.25, 0.3) is 0 Å².